The van der Waals surface area contributed by atoms with Crippen molar-refractivity contribution in [2.45, 2.75) is 13.8 Å². The van der Waals surface area contributed by atoms with Crippen molar-refractivity contribution in [2.24, 2.45) is 5.10 Å². The molecule has 2 aromatic carbocycles. The zero-order chi connectivity index (χ0) is 17.8. The van der Waals surface area contributed by atoms with Gasteiger partial charge in [0.2, 0.25) is 0 Å². The van der Waals surface area contributed by atoms with Gasteiger partial charge in [0.05, 0.1) is 11.8 Å². The van der Waals surface area contributed by atoms with Gasteiger partial charge in [0.15, 0.2) is 0 Å². The van der Waals surface area contributed by atoms with Crippen LogP contribution in [0.2, 0.25) is 5.02 Å². The number of hydrogen-bond acceptors (Lipinski definition) is 2. The van der Waals surface area contributed by atoms with E-state index in [0.29, 0.717) is 10.6 Å². The van der Waals surface area contributed by atoms with Gasteiger partial charge in [-0.25, -0.2) is 5.43 Å². The molecule has 4 nitrogen and oxygen atoms in total. The molecule has 126 valence electrons. The van der Waals surface area contributed by atoms with E-state index < -0.39 is 0 Å². The maximum atomic E-state index is 12.5. The van der Waals surface area contributed by atoms with Gasteiger partial charge in [0, 0.05) is 22.1 Å². The lowest BCUT2D eigenvalue weighted by Crippen LogP contribution is -2.18. The van der Waals surface area contributed by atoms with Gasteiger partial charge in [-0.15, -0.1) is 0 Å². The number of aryl methyl sites for hydroxylation is 1. The van der Waals surface area contributed by atoms with Crippen molar-refractivity contribution in [3.05, 3.63) is 88.2 Å². The molecule has 0 saturated carbocycles. The number of amides is 1. The number of aromatic nitrogens is 1. The van der Waals surface area contributed by atoms with Crippen LogP contribution in [0.4, 0.5) is 0 Å². The lowest BCUT2D eigenvalue weighted by molar-refractivity contribution is 0.0954. The van der Waals surface area contributed by atoms with Gasteiger partial charge in [-0.2, -0.15) is 5.10 Å². The highest BCUT2D eigenvalue weighted by Crippen LogP contribution is 2.20. The van der Waals surface area contributed by atoms with Gasteiger partial charge in [0.25, 0.3) is 5.91 Å². The Balaban J connectivity index is 1.79. The molecule has 0 atom stereocenters. The summed E-state index contributed by atoms with van der Waals surface area (Å²) in [5.41, 5.74) is 6.89. The van der Waals surface area contributed by atoms with Crippen LogP contribution < -0.4 is 5.43 Å². The summed E-state index contributed by atoms with van der Waals surface area (Å²) in [7, 11) is 0. The minimum Gasteiger partial charge on any atom is -0.318 e. The first-order valence-corrected chi connectivity index (χ1v) is 8.27. The van der Waals surface area contributed by atoms with Crippen LogP contribution >= 0.6 is 11.6 Å². The second-order valence-electron chi connectivity index (χ2n) is 5.71. The number of benzene rings is 2. The van der Waals surface area contributed by atoms with Crippen molar-refractivity contribution in [1.82, 2.24) is 9.99 Å². The van der Waals surface area contributed by atoms with E-state index in [1.54, 1.807) is 18.3 Å². The Hall–Kier alpha value is -2.85. The molecule has 25 heavy (non-hydrogen) atoms. The molecule has 3 aromatic rings. The number of hydrazone groups is 1. The third kappa shape index (κ3) is 3.80. The zero-order valence-electron chi connectivity index (χ0n) is 14.0. The first-order valence-electron chi connectivity index (χ1n) is 7.89. The number of halogens is 1. The minimum absolute atomic E-state index is 0.242. The summed E-state index contributed by atoms with van der Waals surface area (Å²) in [6.45, 7) is 3.90. The summed E-state index contributed by atoms with van der Waals surface area (Å²) in [6.07, 6.45) is 1.57. The number of carbonyl (C=O) groups excluding carboxylic acids is 1. The van der Waals surface area contributed by atoms with Gasteiger partial charge < -0.3 is 4.57 Å². The first-order chi connectivity index (χ1) is 12.1. The Kier molecular flexibility index (Phi) is 5.00. The fraction of sp³-hybridized carbons (Fsp3) is 0.100. The molecule has 0 bridgehead atoms. The van der Waals surface area contributed by atoms with E-state index >= 15 is 0 Å². The number of para-hydroxylation sites is 1. The Morgan fingerprint density at radius 2 is 1.84 bits per heavy atom. The van der Waals surface area contributed by atoms with Crippen LogP contribution in [0, 0.1) is 13.8 Å². The standard InChI is InChI=1S/C20H18ClN3O/c1-14-11-19(15(2)24(14)18-9-4-3-5-10-18)20(25)23-22-13-16-7-6-8-17(21)12-16/h3-13H,1-2H3,(H,23,25)/b22-13-. The molecule has 0 aliphatic rings. The van der Waals surface area contributed by atoms with E-state index in [0.717, 1.165) is 22.6 Å². The van der Waals surface area contributed by atoms with Crippen LogP contribution in [-0.4, -0.2) is 16.7 Å². The summed E-state index contributed by atoms with van der Waals surface area (Å²) in [5.74, 6) is -0.242. The third-order valence-corrected chi connectivity index (χ3v) is 4.15. The van der Waals surface area contributed by atoms with Crippen molar-refractivity contribution in [3.63, 3.8) is 0 Å². The molecule has 0 aliphatic heterocycles. The molecule has 1 heterocycles. The van der Waals surface area contributed by atoms with Crippen molar-refractivity contribution in [2.75, 3.05) is 0 Å². The number of carbonyl (C=O) groups is 1. The monoisotopic (exact) mass is 351 g/mol. The average Bonchev–Trinajstić information content (AvgIpc) is 2.90. The Morgan fingerprint density at radius 3 is 2.56 bits per heavy atom. The topological polar surface area (TPSA) is 46.4 Å². The fourth-order valence-electron chi connectivity index (χ4n) is 2.78. The van der Waals surface area contributed by atoms with E-state index in [-0.39, 0.29) is 5.91 Å². The predicted octanol–water partition coefficient (Wildman–Crippen LogP) is 4.51. The number of hydrogen-bond donors (Lipinski definition) is 1. The van der Waals surface area contributed by atoms with Gasteiger partial charge >= 0.3 is 0 Å². The van der Waals surface area contributed by atoms with E-state index in [1.807, 2.05) is 62.4 Å². The van der Waals surface area contributed by atoms with Crippen LogP contribution in [0.3, 0.4) is 0 Å². The number of nitrogens with zero attached hydrogens (tertiary/aromatic N) is 2. The van der Waals surface area contributed by atoms with Gasteiger partial charge in [-0.05, 0) is 49.7 Å². The molecule has 5 heteroatoms. The summed E-state index contributed by atoms with van der Waals surface area (Å²) in [5, 5.41) is 4.65. The van der Waals surface area contributed by atoms with Crippen LogP contribution in [0.5, 0.6) is 0 Å². The highest BCUT2D eigenvalue weighted by molar-refractivity contribution is 6.30. The summed E-state index contributed by atoms with van der Waals surface area (Å²) >= 11 is 5.93. The number of nitrogens with one attached hydrogen (secondary N) is 1. The van der Waals surface area contributed by atoms with E-state index in [9.17, 15) is 4.79 Å². The second-order valence-corrected chi connectivity index (χ2v) is 6.15. The molecule has 3 rings (SSSR count). The largest absolute Gasteiger partial charge is 0.318 e. The van der Waals surface area contributed by atoms with Crippen molar-refractivity contribution < 1.29 is 4.79 Å². The SMILES string of the molecule is Cc1cc(C(=O)N/N=C\c2cccc(Cl)c2)c(C)n1-c1ccccc1. The molecule has 0 unspecified atom stereocenters. The maximum Gasteiger partial charge on any atom is 0.273 e. The lowest BCUT2D eigenvalue weighted by atomic mass is 10.2. The Morgan fingerprint density at radius 1 is 1.08 bits per heavy atom. The van der Waals surface area contributed by atoms with Crippen LogP contribution in [0.1, 0.15) is 27.3 Å². The third-order valence-electron chi connectivity index (χ3n) is 3.92. The molecule has 0 spiro atoms. The van der Waals surface area contributed by atoms with Crippen LogP contribution in [0.25, 0.3) is 5.69 Å². The Labute approximate surface area is 151 Å². The van der Waals surface area contributed by atoms with E-state index in [1.165, 1.54) is 0 Å². The van der Waals surface area contributed by atoms with Gasteiger partial charge in [-0.1, -0.05) is 41.9 Å². The molecule has 1 aromatic heterocycles. The van der Waals surface area contributed by atoms with Gasteiger partial charge in [0.1, 0.15) is 0 Å². The quantitative estimate of drug-likeness (QED) is 0.545. The summed E-state index contributed by atoms with van der Waals surface area (Å²) in [4.78, 5) is 12.5. The lowest BCUT2D eigenvalue weighted by Gasteiger charge is -2.09. The molecule has 0 saturated heterocycles. The Bertz CT molecular complexity index is 929. The molecule has 0 radical (unpaired) electrons. The number of rotatable bonds is 4. The highest BCUT2D eigenvalue weighted by Gasteiger charge is 2.16. The predicted molar refractivity (Wildman–Crippen MR) is 102 cm³/mol. The summed E-state index contributed by atoms with van der Waals surface area (Å²) in [6, 6.07) is 19.1. The maximum absolute atomic E-state index is 12.5. The highest BCUT2D eigenvalue weighted by atomic mass is 35.5. The van der Waals surface area contributed by atoms with E-state index in [4.69, 9.17) is 11.6 Å². The molecule has 1 N–H and O–H groups in total. The average molecular weight is 352 g/mol. The molecule has 0 fully saturated rings. The molecular formula is C20H18ClN3O. The fourth-order valence-corrected chi connectivity index (χ4v) is 2.98. The zero-order valence-corrected chi connectivity index (χ0v) is 14.8. The minimum atomic E-state index is -0.242. The molecule has 1 amide bonds. The van der Waals surface area contributed by atoms with E-state index in [2.05, 4.69) is 15.1 Å². The van der Waals surface area contributed by atoms with Gasteiger partial charge in [-0.3, -0.25) is 4.79 Å². The smallest absolute Gasteiger partial charge is 0.273 e. The first kappa shape index (κ1) is 17.0. The summed E-state index contributed by atoms with van der Waals surface area (Å²) < 4.78 is 2.05. The molecule has 0 aliphatic carbocycles. The van der Waals surface area contributed by atoms with Crippen molar-refractivity contribution in [1.29, 1.82) is 0 Å². The normalized spacial score (nSPS) is 11.0. The van der Waals surface area contributed by atoms with Crippen LogP contribution in [0.15, 0.2) is 65.8 Å². The van der Waals surface area contributed by atoms with Crippen LogP contribution in [-0.2, 0) is 0 Å². The van der Waals surface area contributed by atoms with Crippen molar-refractivity contribution >= 4 is 23.7 Å². The van der Waals surface area contributed by atoms with Crippen molar-refractivity contribution in [3.8, 4) is 5.69 Å². The second kappa shape index (κ2) is 7.36. The molecular weight excluding hydrogens is 334 g/mol.